The van der Waals surface area contributed by atoms with Crippen LogP contribution in [0.4, 0.5) is 19.3 Å². The minimum absolute atomic E-state index is 0.211. The zero-order valence-electron chi connectivity index (χ0n) is 17.9. The number of likely N-dealkylation sites (tertiary alicyclic amines) is 1. The Morgan fingerprint density at radius 1 is 1.06 bits per heavy atom. The summed E-state index contributed by atoms with van der Waals surface area (Å²) >= 11 is 0. The molecule has 172 valence electrons. The molecule has 0 bridgehead atoms. The van der Waals surface area contributed by atoms with Crippen molar-refractivity contribution in [3.8, 4) is 5.75 Å². The number of rotatable bonds is 5. The standard InChI is InChI=1S/C24H29F2N3O3/c25-17-1-6-22(26)21(13-17)20-9-12-29(14-23(20)27)18-2-4-19(5-3-18)32-15-16-7-10-28(11-8-16)24(30)31/h1-6,13,16,20,23H,7-12,14-15,27H2,(H,30,31)/t20-,23+/m1/s1. The van der Waals surface area contributed by atoms with Crippen molar-refractivity contribution in [2.24, 2.45) is 11.7 Å². The summed E-state index contributed by atoms with van der Waals surface area (Å²) in [6, 6.07) is 11.1. The molecule has 2 fully saturated rings. The molecule has 2 saturated heterocycles. The average Bonchev–Trinajstić information content (AvgIpc) is 2.80. The SMILES string of the molecule is N[C@H]1CN(c2ccc(OCC3CCN(C(=O)O)CC3)cc2)CC[C@@H]1c1cc(F)ccc1F. The van der Waals surface area contributed by atoms with Crippen LogP contribution >= 0.6 is 0 Å². The lowest BCUT2D eigenvalue weighted by atomic mass is 9.85. The van der Waals surface area contributed by atoms with Gasteiger partial charge in [0.05, 0.1) is 6.61 Å². The van der Waals surface area contributed by atoms with Gasteiger partial charge in [0.2, 0.25) is 0 Å². The lowest BCUT2D eigenvalue weighted by molar-refractivity contribution is 0.111. The highest BCUT2D eigenvalue weighted by molar-refractivity contribution is 5.65. The number of hydrogen-bond donors (Lipinski definition) is 2. The summed E-state index contributed by atoms with van der Waals surface area (Å²) in [6.45, 7) is 2.94. The van der Waals surface area contributed by atoms with Gasteiger partial charge >= 0.3 is 6.09 Å². The predicted molar refractivity (Wildman–Crippen MR) is 118 cm³/mol. The molecule has 2 aromatic carbocycles. The van der Waals surface area contributed by atoms with Gasteiger partial charge in [-0.3, -0.25) is 0 Å². The van der Waals surface area contributed by atoms with E-state index in [1.807, 2.05) is 24.3 Å². The van der Waals surface area contributed by atoms with Crippen molar-refractivity contribution >= 4 is 11.8 Å². The van der Waals surface area contributed by atoms with E-state index in [1.54, 1.807) is 0 Å². The molecule has 0 radical (unpaired) electrons. The Bertz CT molecular complexity index is 933. The Hall–Kier alpha value is -2.87. The van der Waals surface area contributed by atoms with Crippen molar-refractivity contribution in [3.63, 3.8) is 0 Å². The molecule has 0 aromatic heterocycles. The van der Waals surface area contributed by atoms with E-state index in [4.69, 9.17) is 15.6 Å². The smallest absolute Gasteiger partial charge is 0.407 e. The number of halogens is 2. The molecule has 2 heterocycles. The molecule has 0 aliphatic carbocycles. The third kappa shape index (κ3) is 5.12. The number of anilines is 1. The number of carbonyl (C=O) groups is 1. The molecule has 6 nitrogen and oxygen atoms in total. The monoisotopic (exact) mass is 445 g/mol. The van der Waals surface area contributed by atoms with Crippen LogP contribution in [0.15, 0.2) is 42.5 Å². The number of nitrogens with two attached hydrogens (primary N) is 1. The van der Waals surface area contributed by atoms with Crippen LogP contribution in [0.2, 0.25) is 0 Å². The molecule has 1 amide bonds. The van der Waals surface area contributed by atoms with Crippen molar-refractivity contribution in [1.82, 2.24) is 4.90 Å². The van der Waals surface area contributed by atoms with Crippen molar-refractivity contribution in [2.75, 3.05) is 37.7 Å². The second kappa shape index (κ2) is 9.73. The van der Waals surface area contributed by atoms with E-state index in [0.29, 0.717) is 50.7 Å². The van der Waals surface area contributed by atoms with E-state index in [-0.39, 0.29) is 12.0 Å². The quantitative estimate of drug-likeness (QED) is 0.726. The van der Waals surface area contributed by atoms with Crippen molar-refractivity contribution in [2.45, 2.75) is 31.2 Å². The number of piperidine rings is 2. The van der Waals surface area contributed by atoms with Crippen LogP contribution in [0.25, 0.3) is 0 Å². The van der Waals surface area contributed by atoms with E-state index in [2.05, 4.69) is 4.90 Å². The molecule has 0 unspecified atom stereocenters. The van der Waals surface area contributed by atoms with Crippen LogP contribution in [0, 0.1) is 17.6 Å². The zero-order chi connectivity index (χ0) is 22.7. The fourth-order valence-corrected chi connectivity index (χ4v) is 4.66. The molecule has 0 spiro atoms. The number of ether oxygens (including phenoxy) is 1. The highest BCUT2D eigenvalue weighted by Gasteiger charge is 2.30. The Labute approximate surface area is 186 Å². The van der Waals surface area contributed by atoms with Gasteiger partial charge in [0.15, 0.2) is 0 Å². The van der Waals surface area contributed by atoms with Crippen LogP contribution in [0.3, 0.4) is 0 Å². The minimum Gasteiger partial charge on any atom is -0.493 e. The number of amides is 1. The number of nitrogens with zero attached hydrogens (tertiary/aromatic N) is 2. The maximum Gasteiger partial charge on any atom is 0.407 e. The lowest BCUT2D eigenvalue weighted by Crippen LogP contribution is -2.47. The Morgan fingerprint density at radius 3 is 2.44 bits per heavy atom. The first kappa shape index (κ1) is 22.3. The largest absolute Gasteiger partial charge is 0.493 e. The van der Waals surface area contributed by atoms with Crippen LogP contribution in [0.1, 0.15) is 30.7 Å². The molecule has 8 heteroatoms. The number of hydrogen-bond acceptors (Lipinski definition) is 4. The summed E-state index contributed by atoms with van der Waals surface area (Å²) < 4.78 is 33.7. The van der Waals surface area contributed by atoms with E-state index in [1.165, 1.54) is 11.0 Å². The first-order valence-corrected chi connectivity index (χ1v) is 11.1. The van der Waals surface area contributed by atoms with Crippen LogP contribution < -0.4 is 15.4 Å². The molecular formula is C24H29F2N3O3. The van der Waals surface area contributed by atoms with Gasteiger partial charge in [-0.1, -0.05) is 0 Å². The summed E-state index contributed by atoms with van der Waals surface area (Å²) in [5, 5.41) is 9.03. The zero-order valence-corrected chi connectivity index (χ0v) is 17.9. The summed E-state index contributed by atoms with van der Waals surface area (Å²) in [5.41, 5.74) is 7.72. The molecule has 3 N–H and O–H groups in total. The highest BCUT2D eigenvalue weighted by Crippen LogP contribution is 2.32. The third-order valence-corrected chi connectivity index (χ3v) is 6.59. The second-order valence-corrected chi connectivity index (χ2v) is 8.69. The van der Waals surface area contributed by atoms with Gasteiger partial charge in [0.1, 0.15) is 17.4 Å². The minimum atomic E-state index is -0.857. The maximum absolute atomic E-state index is 14.2. The van der Waals surface area contributed by atoms with Gasteiger partial charge < -0.3 is 25.4 Å². The summed E-state index contributed by atoms with van der Waals surface area (Å²) in [6.07, 6.45) is 1.41. The number of carboxylic acid groups (broad SMARTS) is 1. The fourth-order valence-electron chi connectivity index (χ4n) is 4.66. The summed E-state index contributed by atoms with van der Waals surface area (Å²) in [7, 11) is 0. The van der Waals surface area contributed by atoms with E-state index in [9.17, 15) is 13.6 Å². The molecule has 32 heavy (non-hydrogen) atoms. The van der Waals surface area contributed by atoms with Crippen LogP contribution in [0.5, 0.6) is 5.75 Å². The van der Waals surface area contributed by atoms with Gasteiger partial charge in [0.25, 0.3) is 0 Å². The van der Waals surface area contributed by atoms with Gasteiger partial charge in [-0.05, 0) is 73.2 Å². The topological polar surface area (TPSA) is 79.0 Å². The van der Waals surface area contributed by atoms with Gasteiger partial charge in [-0.15, -0.1) is 0 Å². The molecule has 0 saturated carbocycles. The van der Waals surface area contributed by atoms with E-state index < -0.39 is 17.7 Å². The van der Waals surface area contributed by atoms with Crippen LogP contribution in [-0.2, 0) is 0 Å². The van der Waals surface area contributed by atoms with Crippen LogP contribution in [-0.4, -0.2) is 54.9 Å². The summed E-state index contributed by atoms with van der Waals surface area (Å²) in [4.78, 5) is 14.6. The maximum atomic E-state index is 14.2. The Balaban J connectivity index is 1.29. The molecule has 2 aromatic rings. The normalized spacial score (nSPS) is 22.1. The highest BCUT2D eigenvalue weighted by atomic mass is 19.1. The first-order valence-electron chi connectivity index (χ1n) is 11.1. The lowest BCUT2D eigenvalue weighted by Gasteiger charge is -2.38. The van der Waals surface area contributed by atoms with Crippen molar-refractivity contribution in [1.29, 1.82) is 0 Å². The van der Waals surface area contributed by atoms with Crippen molar-refractivity contribution < 1.29 is 23.4 Å². The van der Waals surface area contributed by atoms with Gasteiger partial charge in [-0.25, -0.2) is 13.6 Å². The molecule has 4 rings (SSSR count). The van der Waals surface area contributed by atoms with E-state index >= 15 is 0 Å². The Morgan fingerprint density at radius 2 is 1.78 bits per heavy atom. The first-order chi connectivity index (χ1) is 15.4. The average molecular weight is 446 g/mol. The Kier molecular flexibility index (Phi) is 6.79. The molecule has 2 aliphatic heterocycles. The second-order valence-electron chi connectivity index (χ2n) is 8.69. The third-order valence-electron chi connectivity index (χ3n) is 6.59. The van der Waals surface area contributed by atoms with Gasteiger partial charge in [-0.2, -0.15) is 0 Å². The molecule has 2 aliphatic rings. The number of benzene rings is 2. The van der Waals surface area contributed by atoms with Gasteiger partial charge in [0, 0.05) is 43.8 Å². The predicted octanol–water partition coefficient (Wildman–Crippen LogP) is 4.05. The van der Waals surface area contributed by atoms with Crippen molar-refractivity contribution in [3.05, 3.63) is 59.7 Å². The summed E-state index contributed by atoms with van der Waals surface area (Å²) in [5.74, 6) is 0.0625. The fraction of sp³-hybridized carbons (Fsp3) is 0.458. The molecule has 2 atom stereocenters. The molecular weight excluding hydrogens is 416 g/mol. The van der Waals surface area contributed by atoms with E-state index in [0.717, 1.165) is 36.4 Å².